The second-order valence-corrected chi connectivity index (χ2v) is 7.71. The smallest absolute Gasteiger partial charge is 0.336 e. The van der Waals surface area contributed by atoms with Crippen LogP contribution in [0.15, 0.2) is 66.7 Å². The molecule has 0 saturated heterocycles. The average molecular weight is 374 g/mol. The third-order valence-corrected chi connectivity index (χ3v) is 4.78. The van der Waals surface area contributed by atoms with Crippen LogP contribution in [0.2, 0.25) is 0 Å². The Kier molecular flexibility index (Phi) is 5.06. The van der Waals surface area contributed by atoms with Gasteiger partial charge in [0.15, 0.2) is 0 Å². The molecule has 0 aliphatic carbocycles. The number of benzene rings is 3. The summed E-state index contributed by atoms with van der Waals surface area (Å²) < 4.78 is 0. The summed E-state index contributed by atoms with van der Waals surface area (Å²) >= 11 is 0. The number of aromatic carboxylic acids is 2. The zero-order valence-corrected chi connectivity index (χ0v) is 16.1. The van der Waals surface area contributed by atoms with Gasteiger partial charge in [-0.25, -0.2) is 9.59 Å². The van der Waals surface area contributed by atoms with Gasteiger partial charge in [-0.05, 0) is 51.4 Å². The molecule has 3 aromatic rings. The van der Waals surface area contributed by atoms with Crippen molar-refractivity contribution < 1.29 is 19.8 Å². The van der Waals surface area contributed by atoms with Gasteiger partial charge in [0.25, 0.3) is 0 Å². The van der Waals surface area contributed by atoms with Crippen LogP contribution >= 0.6 is 0 Å². The van der Waals surface area contributed by atoms with Crippen LogP contribution in [0.4, 0.5) is 0 Å². The molecule has 0 radical (unpaired) electrons. The minimum atomic E-state index is -1.02. The van der Waals surface area contributed by atoms with Crippen molar-refractivity contribution in [3.63, 3.8) is 0 Å². The summed E-state index contributed by atoms with van der Waals surface area (Å²) in [7, 11) is 0. The lowest BCUT2D eigenvalue weighted by atomic mass is 9.82. The largest absolute Gasteiger partial charge is 0.478 e. The fourth-order valence-corrected chi connectivity index (χ4v) is 3.28. The Hall–Kier alpha value is -3.40. The van der Waals surface area contributed by atoms with E-state index in [0.29, 0.717) is 22.3 Å². The van der Waals surface area contributed by atoms with Crippen LogP contribution in [0.5, 0.6) is 0 Å². The van der Waals surface area contributed by atoms with Crippen molar-refractivity contribution in [2.45, 2.75) is 26.2 Å². The second-order valence-electron chi connectivity index (χ2n) is 7.71. The van der Waals surface area contributed by atoms with E-state index in [0.717, 1.165) is 5.56 Å². The normalized spacial score (nSPS) is 11.2. The Balaban J connectivity index is 2.38. The number of carboxylic acids is 2. The number of carbonyl (C=O) groups is 2. The highest BCUT2D eigenvalue weighted by Gasteiger charge is 2.21. The predicted molar refractivity (Wildman–Crippen MR) is 110 cm³/mol. The van der Waals surface area contributed by atoms with Crippen LogP contribution in [0, 0.1) is 0 Å². The highest BCUT2D eigenvalue weighted by molar-refractivity contribution is 6.02. The molecule has 2 N–H and O–H groups in total. The van der Waals surface area contributed by atoms with E-state index in [4.69, 9.17) is 0 Å². The van der Waals surface area contributed by atoms with Gasteiger partial charge in [-0.3, -0.25) is 0 Å². The molecule has 28 heavy (non-hydrogen) atoms. The first-order chi connectivity index (χ1) is 13.2. The van der Waals surface area contributed by atoms with E-state index in [-0.39, 0.29) is 16.5 Å². The number of carboxylic acid groups (broad SMARTS) is 2. The summed E-state index contributed by atoms with van der Waals surface area (Å²) in [4.78, 5) is 23.6. The predicted octanol–water partition coefficient (Wildman–Crippen LogP) is 5.71. The lowest BCUT2D eigenvalue weighted by Crippen LogP contribution is -2.11. The fraction of sp³-hybridized carbons (Fsp3) is 0.167. The van der Waals surface area contributed by atoms with Crippen molar-refractivity contribution in [1.82, 2.24) is 0 Å². The standard InChI is InChI=1S/C24H22O4/c1-24(2,3)15-12-13-18(16-8-4-6-10-19(16)22(25)26)21(14-15)17-9-5-7-11-20(17)23(27)28/h4-14H,1-3H3,(H,25,26)(H,27,28). The minimum Gasteiger partial charge on any atom is -0.478 e. The third kappa shape index (κ3) is 3.67. The molecule has 142 valence electrons. The lowest BCUT2D eigenvalue weighted by molar-refractivity contribution is 0.0686. The SMILES string of the molecule is CC(C)(C)c1ccc(-c2ccccc2C(=O)O)c(-c2ccccc2C(=O)O)c1. The van der Waals surface area contributed by atoms with Crippen LogP contribution in [-0.4, -0.2) is 22.2 Å². The molecule has 3 rings (SSSR count). The topological polar surface area (TPSA) is 74.6 Å². The maximum absolute atomic E-state index is 11.8. The van der Waals surface area contributed by atoms with Crippen LogP contribution < -0.4 is 0 Å². The Bertz CT molecular complexity index is 1060. The summed E-state index contributed by atoms with van der Waals surface area (Å²) in [5.74, 6) is -2.04. The van der Waals surface area contributed by atoms with Crippen LogP contribution in [0.25, 0.3) is 22.3 Å². The number of rotatable bonds is 4. The Labute approximate surface area is 164 Å². The molecule has 0 heterocycles. The van der Waals surface area contributed by atoms with E-state index >= 15 is 0 Å². The van der Waals surface area contributed by atoms with Crippen molar-refractivity contribution in [3.8, 4) is 22.3 Å². The molecule has 4 heteroatoms. The first-order valence-corrected chi connectivity index (χ1v) is 9.00. The van der Waals surface area contributed by atoms with Gasteiger partial charge in [-0.15, -0.1) is 0 Å². The molecule has 0 unspecified atom stereocenters. The molecule has 0 atom stereocenters. The molecule has 0 aromatic heterocycles. The summed E-state index contributed by atoms with van der Waals surface area (Å²) in [6.45, 7) is 6.25. The summed E-state index contributed by atoms with van der Waals surface area (Å²) in [6, 6.07) is 19.4. The van der Waals surface area contributed by atoms with E-state index in [1.807, 2.05) is 18.2 Å². The molecule has 0 bridgehead atoms. The third-order valence-electron chi connectivity index (χ3n) is 4.78. The van der Waals surface area contributed by atoms with Crippen LogP contribution in [0.1, 0.15) is 47.1 Å². The van der Waals surface area contributed by atoms with E-state index in [9.17, 15) is 19.8 Å². The van der Waals surface area contributed by atoms with Gasteiger partial charge in [0.1, 0.15) is 0 Å². The summed E-state index contributed by atoms with van der Waals surface area (Å²) in [5, 5.41) is 19.3. The highest BCUT2D eigenvalue weighted by Crippen LogP contribution is 2.38. The second kappa shape index (κ2) is 7.31. The first-order valence-electron chi connectivity index (χ1n) is 9.00. The van der Waals surface area contributed by atoms with Crippen molar-refractivity contribution in [1.29, 1.82) is 0 Å². The average Bonchev–Trinajstić information content (AvgIpc) is 2.66. The maximum atomic E-state index is 11.8. The summed E-state index contributed by atoms with van der Waals surface area (Å²) in [6.07, 6.45) is 0. The zero-order chi connectivity index (χ0) is 20.5. The quantitative estimate of drug-likeness (QED) is 0.613. The monoisotopic (exact) mass is 374 g/mol. The Morgan fingerprint density at radius 1 is 0.643 bits per heavy atom. The van der Waals surface area contributed by atoms with Gasteiger partial charge in [-0.2, -0.15) is 0 Å². The Morgan fingerprint density at radius 2 is 1.11 bits per heavy atom. The molecular formula is C24H22O4. The number of hydrogen-bond donors (Lipinski definition) is 2. The Morgan fingerprint density at radius 3 is 1.57 bits per heavy atom. The summed E-state index contributed by atoms with van der Waals surface area (Å²) in [5.41, 5.74) is 3.79. The molecule has 0 saturated carbocycles. The van der Waals surface area contributed by atoms with Crippen molar-refractivity contribution in [2.24, 2.45) is 0 Å². The fourth-order valence-electron chi connectivity index (χ4n) is 3.28. The lowest BCUT2D eigenvalue weighted by Gasteiger charge is -2.22. The van der Waals surface area contributed by atoms with Gasteiger partial charge in [0, 0.05) is 0 Å². The maximum Gasteiger partial charge on any atom is 0.336 e. The molecule has 0 aliphatic heterocycles. The molecular weight excluding hydrogens is 352 g/mol. The zero-order valence-electron chi connectivity index (χ0n) is 16.1. The van der Waals surface area contributed by atoms with E-state index < -0.39 is 11.9 Å². The molecule has 0 spiro atoms. The van der Waals surface area contributed by atoms with E-state index in [1.54, 1.807) is 48.5 Å². The van der Waals surface area contributed by atoms with Crippen LogP contribution in [-0.2, 0) is 5.41 Å². The van der Waals surface area contributed by atoms with Gasteiger partial charge in [0.2, 0.25) is 0 Å². The highest BCUT2D eigenvalue weighted by atomic mass is 16.4. The van der Waals surface area contributed by atoms with Gasteiger partial charge < -0.3 is 10.2 Å². The van der Waals surface area contributed by atoms with Crippen molar-refractivity contribution >= 4 is 11.9 Å². The molecule has 4 nitrogen and oxygen atoms in total. The minimum absolute atomic E-state index is 0.141. The molecule has 0 fully saturated rings. The van der Waals surface area contributed by atoms with Crippen molar-refractivity contribution in [3.05, 3.63) is 83.4 Å². The van der Waals surface area contributed by atoms with Crippen molar-refractivity contribution in [2.75, 3.05) is 0 Å². The van der Waals surface area contributed by atoms with E-state index in [2.05, 4.69) is 20.8 Å². The first kappa shape index (κ1) is 19.4. The van der Waals surface area contributed by atoms with Gasteiger partial charge in [-0.1, -0.05) is 69.3 Å². The van der Waals surface area contributed by atoms with Gasteiger partial charge >= 0.3 is 11.9 Å². The van der Waals surface area contributed by atoms with E-state index in [1.165, 1.54) is 0 Å². The number of hydrogen-bond acceptors (Lipinski definition) is 2. The van der Waals surface area contributed by atoms with Gasteiger partial charge in [0.05, 0.1) is 11.1 Å². The molecule has 0 amide bonds. The molecule has 3 aromatic carbocycles. The van der Waals surface area contributed by atoms with Crippen LogP contribution in [0.3, 0.4) is 0 Å². The molecule has 0 aliphatic rings.